The largest absolute Gasteiger partial charge is 0.347 e. The molecule has 0 bridgehead atoms. The Kier molecular flexibility index (Phi) is 5.06. The van der Waals surface area contributed by atoms with Gasteiger partial charge in [-0.1, -0.05) is 0 Å². The second-order valence-corrected chi connectivity index (χ2v) is 4.80. The summed E-state index contributed by atoms with van der Waals surface area (Å²) in [5.41, 5.74) is 0.507. The third-order valence-corrected chi connectivity index (χ3v) is 3.26. The first kappa shape index (κ1) is 14.5. The van der Waals surface area contributed by atoms with Crippen molar-refractivity contribution in [3.05, 3.63) is 30.1 Å². The van der Waals surface area contributed by atoms with Crippen molar-refractivity contribution in [2.45, 2.75) is 12.8 Å². The molecule has 1 fully saturated rings. The molecule has 0 atom stereocenters. The van der Waals surface area contributed by atoms with Crippen molar-refractivity contribution in [3.8, 4) is 0 Å². The predicted octanol–water partition coefficient (Wildman–Crippen LogP) is 0.880. The van der Waals surface area contributed by atoms with E-state index in [4.69, 9.17) is 0 Å². The second-order valence-electron chi connectivity index (χ2n) is 4.80. The monoisotopic (exact) mass is 279 g/mol. The van der Waals surface area contributed by atoms with Gasteiger partial charge in [0, 0.05) is 11.6 Å². The van der Waals surface area contributed by atoms with Gasteiger partial charge in [0.15, 0.2) is 0 Å². The smallest absolute Gasteiger partial charge is 0.243 e. The van der Waals surface area contributed by atoms with Gasteiger partial charge in [-0.05, 0) is 50.2 Å². The second kappa shape index (κ2) is 7.00. The number of piperidine rings is 1. The molecule has 6 heteroatoms. The van der Waals surface area contributed by atoms with Gasteiger partial charge >= 0.3 is 0 Å². The molecule has 0 radical (unpaired) electrons. The van der Waals surface area contributed by atoms with E-state index in [0.29, 0.717) is 5.69 Å². The minimum Gasteiger partial charge on any atom is -0.347 e. The fraction of sp³-hybridized carbons (Fsp3) is 0.429. The maximum atomic E-state index is 12.7. The molecule has 5 nitrogen and oxygen atoms in total. The van der Waals surface area contributed by atoms with Gasteiger partial charge in [-0.3, -0.25) is 9.59 Å². The van der Waals surface area contributed by atoms with Gasteiger partial charge in [0.05, 0.1) is 6.54 Å². The van der Waals surface area contributed by atoms with Gasteiger partial charge < -0.3 is 16.0 Å². The van der Waals surface area contributed by atoms with E-state index < -0.39 is 0 Å². The minimum absolute atomic E-state index is 0.0186. The summed E-state index contributed by atoms with van der Waals surface area (Å²) in [4.78, 5) is 23.5. The van der Waals surface area contributed by atoms with Crippen LogP contribution in [0.1, 0.15) is 12.8 Å². The van der Waals surface area contributed by atoms with E-state index in [1.165, 1.54) is 24.3 Å². The molecule has 1 aromatic carbocycles. The van der Waals surface area contributed by atoms with E-state index in [0.717, 1.165) is 25.9 Å². The number of anilines is 1. The van der Waals surface area contributed by atoms with Gasteiger partial charge in [-0.25, -0.2) is 4.39 Å². The zero-order valence-electron chi connectivity index (χ0n) is 11.1. The Morgan fingerprint density at radius 1 is 1.20 bits per heavy atom. The van der Waals surface area contributed by atoms with Crippen LogP contribution in [0.2, 0.25) is 0 Å². The SMILES string of the molecule is O=C(CNC(=O)C1CCNCC1)Nc1ccc(F)cc1. The summed E-state index contributed by atoms with van der Waals surface area (Å²) in [6, 6.07) is 5.48. The molecule has 0 aliphatic carbocycles. The standard InChI is InChI=1S/C14H18FN3O2/c15-11-1-3-12(4-2-11)18-13(19)9-17-14(20)10-5-7-16-8-6-10/h1-4,10,16H,5-9H2,(H,17,20)(H,18,19). The van der Waals surface area contributed by atoms with Crippen molar-refractivity contribution in [2.24, 2.45) is 5.92 Å². The molecule has 2 rings (SSSR count). The molecule has 108 valence electrons. The lowest BCUT2D eigenvalue weighted by molar-refractivity contribution is -0.127. The highest BCUT2D eigenvalue weighted by Crippen LogP contribution is 2.11. The number of rotatable bonds is 4. The Hall–Kier alpha value is -1.95. The van der Waals surface area contributed by atoms with Crippen LogP contribution in [0.15, 0.2) is 24.3 Å². The number of halogens is 1. The molecule has 0 aromatic heterocycles. The minimum atomic E-state index is -0.359. The highest BCUT2D eigenvalue weighted by Gasteiger charge is 2.20. The van der Waals surface area contributed by atoms with Crippen molar-refractivity contribution in [3.63, 3.8) is 0 Å². The van der Waals surface area contributed by atoms with E-state index in [2.05, 4.69) is 16.0 Å². The van der Waals surface area contributed by atoms with Crippen LogP contribution in [0, 0.1) is 11.7 Å². The van der Waals surface area contributed by atoms with Crippen molar-refractivity contribution >= 4 is 17.5 Å². The molecule has 20 heavy (non-hydrogen) atoms. The maximum absolute atomic E-state index is 12.7. The molecular weight excluding hydrogens is 261 g/mol. The number of amides is 2. The lowest BCUT2D eigenvalue weighted by Crippen LogP contribution is -2.41. The Labute approximate surface area is 116 Å². The summed E-state index contributed by atoms with van der Waals surface area (Å²) in [5, 5.41) is 8.41. The quantitative estimate of drug-likeness (QED) is 0.766. The molecule has 1 aliphatic rings. The number of carbonyl (C=O) groups is 2. The van der Waals surface area contributed by atoms with Crippen LogP contribution >= 0.6 is 0 Å². The zero-order chi connectivity index (χ0) is 14.4. The van der Waals surface area contributed by atoms with E-state index in [9.17, 15) is 14.0 Å². The summed E-state index contributed by atoms with van der Waals surface area (Å²) in [5.74, 6) is -0.781. The fourth-order valence-electron chi connectivity index (χ4n) is 2.13. The molecule has 2 amide bonds. The average molecular weight is 279 g/mol. The maximum Gasteiger partial charge on any atom is 0.243 e. The fourth-order valence-corrected chi connectivity index (χ4v) is 2.13. The van der Waals surface area contributed by atoms with Crippen molar-refractivity contribution in [1.29, 1.82) is 0 Å². The molecule has 1 aromatic rings. The van der Waals surface area contributed by atoms with Crippen LogP contribution in [-0.4, -0.2) is 31.4 Å². The van der Waals surface area contributed by atoms with Crippen LogP contribution in [-0.2, 0) is 9.59 Å². The van der Waals surface area contributed by atoms with E-state index in [1.807, 2.05) is 0 Å². The average Bonchev–Trinajstić information content (AvgIpc) is 2.48. The highest BCUT2D eigenvalue weighted by molar-refractivity contribution is 5.94. The summed E-state index contributed by atoms with van der Waals surface area (Å²) in [6.45, 7) is 1.60. The Morgan fingerprint density at radius 2 is 1.85 bits per heavy atom. The molecule has 0 unspecified atom stereocenters. The zero-order valence-corrected chi connectivity index (χ0v) is 11.1. The lowest BCUT2D eigenvalue weighted by Gasteiger charge is -2.21. The first-order valence-electron chi connectivity index (χ1n) is 6.69. The molecule has 3 N–H and O–H groups in total. The number of nitrogens with one attached hydrogen (secondary N) is 3. The molecule has 0 saturated carbocycles. The molecule has 1 aliphatic heterocycles. The molecule has 0 spiro atoms. The Balaban J connectivity index is 1.74. The predicted molar refractivity (Wildman–Crippen MR) is 73.6 cm³/mol. The normalized spacial score (nSPS) is 15.7. The van der Waals surface area contributed by atoms with E-state index in [-0.39, 0.29) is 30.1 Å². The number of carbonyl (C=O) groups excluding carboxylic acids is 2. The highest BCUT2D eigenvalue weighted by atomic mass is 19.1. The molecular formula is C14H18FN3O2. The molecule has 1 saturated heterocycles. The van der Waals surface area contributed by atoms with Gasteiger partial charge in [0.25, 0.3) is 0 Å². The van der Waals surface area contributed by atoms with Crippen molar-refractivity contribution in [1.82, 2.24) is 10.6 Å². The number of hydrogen-bond donors (Lipinski definition) is 3. The third kappa shape index (κ3) is 4.31. The number of benzene rings is 1. The van der Waals surface area contributed by atoms with E-state index in [1.54, 1.807) is 0 Å². The summed E-state index contributed by atoms with van der Waals surface area (Å²) in [6.07, 6.45) is 1.59. The van der Waals surface area contributed by atoms with Gasteiger partial charge in [-0.15, -0.1) is 0 Å². The van der Waals surface area contributed by atoms with Crippen molar-refractivity contribution < 1.29 is 14.0 Å². The first-order valence-corrected chi connectivity index (χ1v) is 6.69. The van der Waals surface area contributed by atoms with Crippen molar-refractivity contribution in [2.75, 3.05) is 25.0 Å². The molecule has 1 heterocycles. The Morgan fingerprint density at radius 3 is 2.50 bits per heavy atom. The van der Waals surface area contributed by atoms with Crippen LogP contribution in [0.5, 0.6) is 0 Å². The van der Waals surface area contributed by atoms with Crippen LogP contribution in [0.3, 0.4) is 0 Å². The number of hydrogen-bond acceptors (Lipinski definition) is 3. The summed E-state index contributed by atoms with van der Waals surface area (Å²) < 4.78 is 12.7. The van der Waals surface area contributed by atoms with Crippen LogP contribution < -0.4 is 16.0 Å². The van der Waals surface area contributed by atoms with Gasteiger partial charge in [0.2, 0.25) is 11.8 Å². The summed E-state index contributed by atoms with van der Waals surface area (Å²) >= 11 is 0. The lowest BCUT2D eigenvalue weighted by atomic mass is 9.97. The van der Waals surface area contributed by atoms with Gasteiger partial charge in [-0.2, -0.15) is 0 Å². The Bertz CT molecular complexity index is 470. The van der Waals surface area contributed by atoms with Crippen LogP contribution in [0.4, 0.5) is 10.1 Å². The third-order valence-electron chi connectivity index (χ3n) is 3.26. The van der Waals surface area contributed by atoms with Crippen LogP contribution in [0.25, 0.3) is 0 Å². The topological polar surface area (TPSA) is 70.2 Å². The van der Waals surface area contributed by atoms with E-state index >= 15 is 0 Å². The summed E-state index contributed by atoms with van der Waals surface area (Å²) in [7, 11) is 0. The first-order chi connectivity index (χ1) is 9.65. The van der Waals surface area contributed by atoms with Gasteiger partial charge in [0.1, 0.15) is 5.82 Å².